The number of anilines is 2. The van der Waals surface area contributed by atoms with Gasteiger partial charge < -0.3 is 10.6 Å². The van der Waals surface area contributed by atoms with Gasteiger partial charge in [-0.25, -0.2) is 9.97 Å². The van der Waals surface area contributed by atoms with Crippen molar-refractivity contribution in [3.05, 3.63) is 11.9 Å². The lowest BCUT2D eigenvalue weighted by Crippen LogP contribution is -2.30. The summed E-state index contributed by atoms with van der Waals surface area (Å²) >= 11 is 0. The van der Waals surface area contributed by atoms with E-state index in [0.29, 0.717) is 11.9 Å². The first kappa shape index (κ1) is 12.7. The lowest BCUT2D eigenvalue weighted by molar-refractivity contribution is 0.544. The largest absolute Gasteiger partial charge is 0.384 e. The number of nitrogens with zero attached hydrogens (tertiary/aromatic N) is 3. The fourth-order valence-corrected chi connectivity index (χ4v) is 2.33. The SMILES string of the molecule is CC(C)(C)c1nc(N)cc(N(CC2CC2)C2CC2)n1. The molecule has 2 saturated carbocycles. The van der Waals surface area contributed by atoms with Crippen LogP contribution < -0.4 is 10.6 Å². The van der Waals surface area contributed by atoms with Gasteiger partial charge in [0.15, 0.2) is 0 Å². The summed E-state index contributed by atoms with van der Waals surface area (Å²) in [7, 11) is 0. The highest BCUT2D eigenvalue weighted by Gasteiger charge is 2.35. The molecule has 0 amide bonds. The Morgan fingerprint density at radius 3 is 2.42 bits per heavy atom. The molecule has 104 valence electrons. The first-order valence-electron chi connectivity index (χ1n) is 7.35. The predicted molar refractivity (Wildman–Crippen MR) is 78.2 cm³/mol. The summed E-state index contributed by atoms with van der Waals surface area (Å²) in [6, 6.07) is 2.62. The second-order valence-corrected chi connectivity index (χ2v) is 7.05. The number of nitrogen functional groups attached to an aromatic ring is 1. The molecule has 3 rings (SSSR count). The van der Waals surface area contributed by atoms with Crippen LogP contribution in [0.25, 0.3) is 0 Å². The van der Waals surface area contributed by atoms with Crippen molar-refractivity contribution in [3.8, 4) is 0 Å². The smallest absolute Gasteiger partial charge is 0.138 e. The van der Waals surface area contributed by atoms with Gasteiger partial charge in [-0.1, -0.05) is 20.8 Å². The van der Waals surface area contributed by atoms with Gasteiger partial charge in [0.2, 0.25) is 0 Å². The summed E-state index contributed by atoms with van der Waals surface area (Å²) in [5.74, 6) is 3.35. The average molecular weight is 260 g/mol. The first-order valence-corrected chi connectivity index (χ1v) is 7.35. The molecule has 2 aliphatic carbocycles. The van der Waals surface area contributed by atoms with Gasteiger partial charge in [0.1, 0.15) is 17.5 Å². The Hall–Kier alpha value is -1.32. The third-order valence-electron chi connectivity index (χ3n) is 3.84. The van der Waals surface area contributed by atoms with E-state index < -0.39 is 0 Å². The number of hydrogen-bond donors (Lipinski definition) is 1. The minimum absolute atomic E-state index is 0.0566. The summed E-state index contributed by atoms with van der Waals surface area (Å²) in [6.07, 6.45) is 5.33. The Bertz CT molecular complexity index is 470. The highest BCUT2D eigenvalue weighted by atomic mass is 15.2. The van der Waals surface area contributed by atoms with E-state index in [1.807, 2.05) is 6.07 Å². The molecule has 1 aromatic rings. The van der Waals surface area contributed by atoms with E-state index in [-0.39, 0.29) is 5.41 Å². The van der Waals surface area contributed by atoms with Crippen LogP contribution in [0.3, 0.4) is 0 Å². The Balaban J connectivity index is 1.90. The topological polar surface area (TPSA) is 55.0 Å². The van der Waals surface area contributed by atoms with Crippen molar-refractivity contribution in [1.29, 1.82) is 0 Å². The maximum atomic E-state index is 5.98. The van der Waals surface area contributed by atoms with E-state index in [1.54, 1.807) is 0 Å². The number of nitrogens with two attached hydrogens (primary N) is 1. The summed E-state index contributed by atoms with van der Waals surface area (Å²) in [5, 5.41) is 0. The normalized spacial score (nSPS) is 19.5. The number of hydrogen-bond acceptors (Lipinski definition) is 4. The minimum atomic E-state index is -0.0566. The second kappa shape index (κ2) is 4.36. The molecule has 1 heterocycles. The monoisotopic (exact) mass is 260 g/mol. The molecule has 0 unspecified atom stereocenters. The Morgan fingerprint density at radius 1 is 1.21 bits per heavy atom. The molecule has 4 heteroatoms. The van der Waals surface area contributed by atoms with Gasteiger partial charge >= 0.3 is 0 Å². The Morgan fingerprint density at radius 2 is 1.89 bits per heavy atom. The molecule has 4 nitrogen and oxygen atoms in total. The average Bonchev–Trinajstić information content (AvgIpc) is 3.17. The van der Waals surface area contributed by atoms with E-state index in [1.165, 1.54) is 25.7 Å². The zero-order valence-corrected chi connectivity index (χ0v) is 12.2. The molecule has 0 aromatic carbocycles. The molecule has 0 saturated heterocycles. The first-order chi connectivity index (χ1) is 8.93. The van der Waals surface area contributed by atoms with Crippen LogP contribution >= 0.6 is 0 Å². The lowest BCUT2D eigenvalue weighted by atomic mass is 9.96. The van der Waals surface area contributed by atoms with Crippen molar-refractivity contribution in [3.63, 3.8) is 0 Å². The molecule has 0 atom stereocenters. The van der Waals surface area contributed by atoms with E-state index in [9.17, 15) is 0 Å². The third kappa shape index (κ3) is 2.99. The van der Waals surface area contributed by atoms with Crippen LogP contribution in [0, 0.1) is 5.92 Å². The predicted octanol–water partition coefficient (Wildman–Crippen LogP) is 2.74. The molecule has 2 aliphatic rings. The Labute approximate surface area is 115 Å². The van der Waals surface area contributed by atoms with Crippen LogP contribution in [0.2, 0.25) is 0 Å². The standard InChI is InChI=1S/C15H24N4/c1-15(2,3)14-17-12(16)8-13(18-14)19(11-6-7-11)9-10-4-5-10/h8,10-11H,4-7,9H2,1-3H3,(H2,16,17,18). The van der Waals surface area contributed by atoms with Crippen molar-refractivity contribution in [2.75, 3.05) is 17.2 Å². The van der Waals surface area contributed by atoms with Gasteiger partial charge in [0.25, 0.3) is 0 Å². The van der Waals surface area contributed by atoms with Crippen LogP contribution in [-0.4, -0.2) is 22.6 Å². The molecule has 2 fully saturated rings. The van der Waals surface area contributed by atoms with Crippen molar-refractivity contribution >= 4 is 11.6 Å². The lowest BCUT2D eigenvalue weighted by Gasteiger charge is -2.26. The molecule has 19 heavy (non-hydrogen) atoms. The van der Waals surface area contributed by atoms with Gasteiger partial charge in [-0.2, -0.15) is 0 Å². The second-order valence-electron chi connectivity index (χ2n) is 7.05. The summed E-state index contributed by atoms with van der Waals surface area (Å²) in [4.78, 5) is 11.6. The summed E-state index contributed by atoms with van der Waals surface area (Å²) in [5.41, 5.74) is 5.93. The highest BCUT2D eigenvalue weighted by molar-refractivity contribution is 5.49. The van der Waals surface area contributed by atoms with Crippen LogP contribution in [0.15, 0.2) is 6.07 Å². The molecule has 1 aromatic heterocycles. The fourth-order valence-electron chi connectivity index (χ4n) is 2.33. The summed E-state index contributed by atoms with van der Waals surface area (Å²) < 4.78 is 0. The molecule has 0 bridgehead atoms. The van der Waals surface area contributed by atoms with E-state index in [4.69, 9.17) is 10.7 Å². The van der Waals surface area contributed by atoms with Gasteiger partial charge in [0, 0.05) is 24.1 Å². The molecular weight excluding hydrogens is 236 g/mol. The van der Waals surface area contributed by atoms with Crippen molar-refractivity contribution in [1.82, 2.24) is 9.97 Å². The van der Waals surface area contributed by atoms with Crippen molar-refractivity contribution in [2.24, 2.45) is 5.92 Å². The quantitative estimate of drug-likeness (QED) is 0.904. The maximum absolute atomic E-state index is 5.98. The maximum Gasteiger partial charge on any atom is 0.138 e. The molecule has 0 spiro atoms. The van der Waals surface area contributed by atoms with Gasteiger partial charge in [-0.05, 0) is 31.6 Å². The van der Waals surface area contributed by atoms with Crippen molar-refractivity contribution < 1.29 is 0 Å². The zero-order valence-electron chi connectivity index (χ0n) is 12.2. The number of rotatable bonds is 4. The van der Waals surface area contributed by atoms with Gasteiger partial charge in [-0.15, -0.1) is 0 Å². The van der Waals surface area contributed by atoms with Gasteiger partial charge in [-0.3, -0.25) is 0 Å². The van der Waals surface area contributed by atoms with E-state index in [2.05, 4.69) is 30.7 Å². The Kier molecular flexibility index (Phi) is 2.91. The van der Waals surface area contributed by atoms with E-state index in [0.717, 1.165) is 24.1 Å². The fraction of sp³-hybridized carbons (Fsp3) is 0.733. The van der Waals surface area contributed by atoms with Crippen molar-refractivity contribution in [2.45, 2.75) is 57.9 Å². The molecule has 0 aliphatic heterocycles. The van der Waals surface area contributed by atoms with Crippen LogP contribution in [0.5, 0.6) is 0 Å². The summed E-state index contributed by atoms with van der Waals surface area (Å²) in [6.45, 7) is 7.54. The molecule has 2 N–H and O–H groups in total. The van der Waals surface area contributed by atoms with Crippen LogP contribution in [-0.2, 0) is 5.41 Å². The van der Waals surface area contributed by atoms with Gasteiger partial charge in [0.05, 0.1) is 0 Å². The minimum Gasteiger partial charge on any atom is -0.384 e. The van der Waals surface area contributed by atoms with E-state index >= 15 is 0 Å². The zero-order chi connectivity index (χ0) is 13.6. The molecule has 0 radical (unpaired) electrons. The van der Waals surface area contributed by atoms with Crippen LogP contribution in [0.4, 0.5) is 11.6 Å². The number of aromatic nitrogens is 2. The molecular formula is C15H24N4. The van der Waals surface area contributed by atoms with Crippen LogP contribution in [0.1, 0.15) is 52.3 Å². The third-order valence-corrected chi connectivity index (χ3v) is 3.84. The highest BCUT2D eigenvalue weighted by Crippen LogP contribution is 2.37.